The molecule has 0 fully saturated rings. The molecule has 23 heavy (non-hydrogen) atoms. The van der Waals surface area contributed by atoms with Crippen LogP contribution >= 0.6 is 34.5 Å². The van der Waals surface area contributed by atoms with E-state index in [9.17, 15) is 14.4 Å². The molecule has 3 aromatic rings. The number of carbonyl (C=O) groups excluding carboxylic acids is 1. The number of fused-ring (bicyclic) bond motifs is 1. The van der Waals surface area contributed by atoms with Gasteiger partial charge in [0.15, 0.2) is 11.0 Å². The number of benzene rings is 1. The fraction of sp³-hybridized carbons (Fsp3) is 0. The molecule has 0 bridgehead atoms. The molecule has 1 N–H and O–H groups in total. The predicted molar refractivity (Wildman–Crippen MR) is 87.2 cm³/mol. The topological polar surface area (TPSA) is 84.6 Å². The fourth-order valence-corrected chi connectivity index (χ4v) is 3.19. The van der Waals surface area contributed by atoms with Gasteiger partial charge in [-0.05, 0) is 17.5 Å². The first-order valence-corrected chi connectivity index (χ1v) is 7.81. The van der Waals surface area contributed by atoms with E-state index in [2.05, 4.69) is 0 Å². The van der Waals surface area contributed by atoms with Crippen LogP contribution in [0.2, 0.25) is 10.0 Å². The van der Waals surface area contributed by atoms with Crippen LogP contribution < -0.4 is 5.43 Å². The number of hydrogen-bond donors (Lipinski definition) is 1. The van der Waals surface area contributed by atoms with Crippen LogP contribution in [-0.2, 0) is 0 Å². The molecule has 5 nitrogen and oxygen atoms in total. The summed E-state index contributed by atoms with van der Waals surface area (Å²) in [6.07, 6.45) is 0. The second-order valence-corrected chi connectivity index (χ2v) is 6.22. The number of carboxylic acid groups (broad SMARTS) is 1. The van der Waals surface area contributed by atoms with Gasteiger partial charge in [0.2, 0.25) is 11.5 Å². The Morgan fingerprint density at radius 3 is 2.52 bits per heavy atom. The molecule has 0 aliphatic rings. The Balaban J connectivity index is 2.31. The van der Waals surface area contributed by atoms with Gasteiger partial charge < -0.3 is 9.52 Å². The summed E-state index contributed by atoms with van der Waals surface area (Å²) in [5, 5.41) is 10.4. The van der Waals surface area contributed by atoms with Crippen molar-refractivity contribution in [1.82, 2.24) is 0 Å². The molecule has 0 saturated heterocycles. The summed E-state index contributed by atoms with van der Waals surface area (Å²) in [5.74, 6) is -2.34. The minimum Gasteiger partial charge on any atom is -0.475 e. The highest BCUT2D eigenvalue weighted by molar-refractivity contribution is 7.12. The van der Waals surface area contributed by atoms with Crippen molar-refractivity contribution in [1.29, 1.82) is 0 Å². The van der Waals surface area contributed by atoms with Crippen molar-refractivity contribution in [2.75, 3.05) is 0 Å². The number of thiophene rings is 1. The van der Waals surface area contributed by atoms with Gasteiger partial charge in [-0.25, -0.2) is 4.79 Å². The van der Waals surface area contributed by atoms with Crippen molar-refractivity contribution in [3.05, 3.63) is 66.1 Å². The van der Waals surface area contributed by atoms with Crippen LogP contribution in [0.3, 0.4) is 0 Å². The minimum atomic E-state index is -1.41. The van der Waals surface area contributed by atoms with Crippen LogP contribution in [-0.4, -0.2) is 16.9 Å². The lowest BCUT2D eigenvalue weighted by molar-refractivity contribution is 0.0663. The monoisotopic (exact) mass is 368 g/mol. The average Bonchev–Trinajstić information content (AvgIpc) is 3.04. The predicted octanol–water partition coefficient (Wildman–Crippen LogP) is 4.09. The largest absolute Gasteiger partial charge is 0.475 e. The molecule has 3 rings (SSSR count). The average molecular weight is 369 g/mol. The van der Waals surface area contributed by atoms with Crippen molar-refractivity contribution in [3.8, 4) is 0 Å². The van der Waals surface area contributed by atoms with Gasteiger partial charge >= 0.3 is 5.97 Å². The zero-order chi connectivity index (χ0) is 16.7. The Morgan fingerprint density at radius 1 is 1.17 bits per heavy atom. The third-order valence-electron chi connectivity index (χ3n) is 3.10. The number of halogens is 2. The smallest absolute Gasteiger partial charge is 0.371 e. The summed E-state index contributed by atoms with van der Waals surface area (Å²) >= 11 is 13.4. The number of ketones is 1. The molecular formula is C15H6Cl2O5S. The van der Waals surface area contributed by atoms with E-state index in [-0.39, 0.29) is 32.4 Å². The summed E-state index contributed by atoms with van der Waals surface area (Å²) < 4.78 is 5.12. The van der Waals surface area contributed by atoms with E-state index in [1.165, 1.54) is 17.4 Å². The molecular weight excluding hydrogens is 363 g/mol. The first kappa shape index (κ1) is 15.7. The lowest BCUT2D eigenvalue weighted by atomic mass is 10.1. The highest BCUT2D eigenvalue weighted by atomic mass is 35.5. The lowest BCUT2D eigenvalue weighted by Crippen LogP contribution is -2.09. The van der Waals surface area contributed by atoms with E-state index < -0.39 is 17.2 Å². The Bertz CT molecular complexity index is 1000. The standard InChI is InChI=1S/C15H6Cl2O5S/c16-11-7(13(19)10-2-1-3-23-10)4-6-8(18)5-9(15(20)21)22-14(6)12(11)17/h1-5H,(H,20,21). The van der Waals surface area contributed by atoms with E-state index in [1.807, 2.05) is 0 Å². The number of carbonyl (C=O) groups is 2. The van der Waals surface area contributed by atoms with E-state index >= 15 is 0 Å². The third-order valence-corrected chi connectivity index (χ3v) is 4.82. The molecule has 116 valence electrons. The molecule has 2 heterocycles. The summed E-state index contributed by atoms with van der Waals surface area (Å²) in [4.78, 5) is 35.9. The molecule has 2 aromatic heterocycles. The van der Waals surface area contributed by atoms with Crippen LogP contribution in [0.5, 0.6) is 0 Å². The fourth-order valence-electron chi connectivity index (χ4n) is 2.04. The summed E-state index contributed by atoms with van der Waals surface area (Å²) in [7, 11) is 0. The van der Waals surface area contributed by atoms with Crippen molar-refractivity contribution in [2.45, 2.75) is 0 Å². The van der Waals surface area contributed by atoms with Gasteiger partial charge in [0.05, 0.1) is 15.3 Å². The zero-order valence-electron chi connectivity index (χ0n) is 11.1. The Labute approximate surface area is 142 Å². The van der Waals surface area contributed by atoms with Crippen molar-refractivity contribution in [3.63, 3.8) is 0 Å². The maximum atomic E-state index is 12.5. The van der Waals surface area contributed by atoms with Gasteiger partial charge in [0.1, 0.15) is 5.02 Å². The number of carboxylic acids is 1. The lowest BCUT2D eigenvalue weighted by Gasteiger charge is -2.07. The number of aromatic carboxylic acids is 1. The first-order chi connectivity index (χ1) is 10.9. The van der Waals surface area contributed by atoms with Gasteiger partial charge in [0, 0.05) is 11.6 Å². The van der Waals surface area contributed by atoms with E-state index in [0.29, 0.717) is 4.88 Å². The quantitative estimate of drug-likeness (QED) is 0.703. The summed E-state index contributed by atoms with van der Waals surface area (Å²) in [5.41, 5.74) is -0.728. The second kappa shape index (κ2) is 5.81. The highest BCUT2D eigenvalue weighted by Gasteiger charge is 2.22. The molecule has 0 amide bonds. The number of rotatable bonds is 3. The van der Waals surface area contributed by atoms with Crippen molar-refractivity contribution >= 4 is 57.3 Å². The van der Waals surface area contributed by atoms with Gasteiger partial charge in [-0.1, -0.05) is 29.3 Å². The molecule has 0 saturated carbocycles. The summed E-state index contributed by atoms with van der Waals surface area (Å²) in [6.45, 7) is 0. The summed E-state index contributed by atoms with van der Waals surface area (Å²) in [6, 6.07) is 5.43. The van der Waals surface area contributed by atoms with E-state index in [1.54, 1.807) is 17.5 Å². The Morgan fingerprint density at radius 2 is 1.91 bits per heavy atom. The van der Waals surface area contributed by atoms with Gasteiger partial charge in [-0.3, -0.25) is 9.59 Å². The normalized spacial score (nSPS) is 10.9. The van der Waals surface area contributed by atoms with Crippen LogP contribution in [0, 0.1) is 0 Å². The second-order valence-electron chi connectivity index (χ2n) is 4.52. The van der Waals surface area contributed by atoms with E-state index in [4.69, 9.17) is 32.7 Å². The van der Waals surface area contributed by atoms with E-state index in [0.717, 1.165) is 6.07 Å². The molecule has 0 unspecified atom stereocenters. The molecule has 0 spiro atoms. The molecule has 0 aliphatic heterocycles. The Hall–Kier alpha value is -2.15. The van der Waals surface area contributed by atoms with Crippen LogP contribution in [0.25, 0.3) is 11.0 Å². The minimum absolute atomic E-state index is 0.00990. The maximum Gasteiger partial charge on any atom is 0.371 e. The molecule has 1 aromatic carbocycles. The first-order valence-electron chi connectivity index (χ1n) is 6.17. The molecule has 0 atom stereocenters. The molecule has 0 aliphatic carbocycles. The third kappa shape index (κ3) is 2.65. The molecule has 0 radical (unpaired) electrons. The highest BCUT2D eigenvalue weighted by Crippen LogP contribution is 2.35. The molecule has 8 heteroatoms. The van der Waals surface area contributed by atoms with Gasteiger partial charge in [0.25, 0.3) is 0 Å². The van der Waals surface area contributed by atoms with Crippen molar-refractivity contribution in [2.24, 2.45) is 0 Å². The van der Waals surface area contributed by atoms with Crippen LogP contribution in [0.1, 0.15) is 25.8 Å². The van der Waals surface area contributed by atoms with Gasteiger partial charge in [-0.15, -0.1) is 11.3 Å². The SMILES string of the molecule is O=C(O)c1cc(=O)c2cc(C(=O)c3cccs3)c(Cl)c(Cl)c2o1. The maximum absolute atomic E-state index is 12.5. The van der Waals surface area contributed by atoms with Crippen LogP contribution in [0.4, 0.5) is 0 Å². The zero-order valence-corrected chi connectivity index (χ0v) is 13.5. The number of hydrogen-bond acceptors (Lipinski definition) is 5. The van der Waals surface area contributed by atoms with Crippen molar-refractivity contribution < 1.29 is 19.1 Å². The Kier molecular flexibility index (Phi) is 3.97. The van der Waals surface area contributed by atoms with Gasteiger partial charge in [-0.2, -0.15) is 0 Å². The van der Waals surface area contributed by atoms with Crippen LogP contribution in [0.15, 0.2) is 38.9 Å².